The molecular weight excluding hydrogens is 434 g/mol. The van der Waals surface area contributed by atoms with Crippen LogP contribution in [0.5, 0.6) is 0 Å². The van der Waals surface area contributed by atoms with Gasteiger partial charge in [-0.05, 0) is 19.8 Å². The van der Waals surface area contributed by atoms with Crippen LogP contribution >= 0.6 is 12.6 Å². The molecule has 0 aliphatic rings. The normalized spacial score (nSPS) is 14.3. The van der Waals surface area contributed by atoms with Crippen molar-refractivity contribution in [1.82, 2.24) is 16.0 Å². The van der Waals surface area contributed by atoms with Crippen molar-refractivity contribution in [3.05, 3.63) is 0 Å². The van der Waals surface area contributed by atoms with E-state index < -0.39 is 60.2 Å². The lowest BCUT2D eigenvalue weighted by molar-refractivity contribution is -0.142. The number of hydrogen-bond donors (Lipinski definition) is 9. The number of guanidine groups is 1. The molecule has 0 saturated heterocycles. The zero-order valence-electron chi connectivity index (χ0n) is 16.9. The lowest BCUT2D eigenvalue weighted by atomic mass is 10.1. The zero-order chi connectivity index (χ0) is 24.1. The fourth-order valence-corrected chi connectivity index (χ4v) is 2.45. The van der Waals surface area contributed by atoms with Crippen LogP contribution in [0.2, 0.25) is 0 Å². The molecule has 0 aromatic carbocycles. The van der Waals surface area contributed by atoms with Crippen LogP contribution in [0.4, 0.5) is 0 Å². The van der Waals surface area contributed by atoms with Crippen LogP contribution in [0.3, 0.4) is 0 Å². The molecule has 31 heavy (non-hydrogen) atoms. The number of nitrogens with two attached hydrogens (primary N) is 3. The van der Waals surface area contributed by atoms with Crippen LogP contribution in [0.1, 0.15) is 26.2 Å². The summed E-state index contributed by atoms with van der Waals surface area (Å²) in [5, 5.41) is 24.8. The third-order valence-electron chi connectivity index (χ3n) is 3.86. The molecule has 0 heterocycles. The van der Waals surface area contributed by atoms with Crippen LogP contribution in [0.25, 0.3) is 0 Å². The van der Waals surface area contributed by atoms with Crippen molar-refractivity contribution in [1.29, 1.82) is 0 Å². The first kappa shape index (κ1) is 27.9. The number of carboxylic acids is 2. The molecule has 0 aromatic heterocycles. The summed E-state index contributed by atoms with van der Waals surface area (Å²) in [5.41, 5.74) is 15.8. The Bertz CT molecular complexity index is 700. The first-order valence-corrected chi connectivity index (χ1v) is 9.79. The molecule has 0 rings (SSSR count). The second-order valence-corrected chi connectivity index (χ2v) is 6.89. The van der Waals surface area contributed by atoms with Gasteiger partial charge in [0.2, 0.25) is 17.7 Å². The minimum atomic E-state index is -1.37. The van der Waals surface area contributed by atoms with Crippen molar-refractivity contribution < 1.29 is 34.2 Å². The molecule has 4 atom stereocenters. The molecule has 0 radical (unpaired) electrons. The summed E-state index contributed by atoms with van der Waals surface area (Å²) in [6.45, 7) is 1.50. The molecule has 4 unspecified atom stereocenters. The largest absolute Gasteiger partial charge is 0.481 e. The van der Waals surface area contributed by atoms with Gasteiger partial charge in [-0.1, -0.05) is 0 Å². The average Bonchev–Trinajstić information content (AvgIpc) is 2.66. The molecule has 15 heteroatoms. The molecule has 3 amide bonds. The lowest BCUT2D eigenvalue weighted by Crippen LogP contribution is -2.57. The Morgan fingerprint density at radius 3 is 2.03 bits per heavy atom. The van der Waals surface area contributed by atoms with E-state index in [-0.39, 0.29) is 24.7 Å². The molecular formula is C16H29N7O7S. The van der Waals surface area contributed by atoms with Gasteiger partial charge in [0.15, 0.2) is 5.96 Å². The van der Waals surface area contributed by atoms with Gasteiger partial charge in [0.25, 0.3) is 0 Å². The van der Waals surface area contributed by atoms with Crippen LogP contribution in [-0.2, 0) is 24.0 Å². The Morgan fingerprint density at radius 2 is 1.55 bits per heavy atom. The molecule has 0 fully saturated rings. The van der Waals surface area contributed by atoms with Crippen LogP contribution in [-0.4, -0.2) is 82.3 Å². The Balaban J connectivity index is 4.79. The van der Waals surface area contributed by atoms with E-state index in [9.17, 15) is 29.1 Å². The molecule has 0 spiro atoms. The minimum absolute atomic E-state index is 0.0509. The van der Waals surface area contributed by atoms with Crippen molar-refractivity contribution in [3.8, 4) is 0 Å². The summed E-state index contributed by atoms with van der Waals surface area (Å²) in [7, 11) is 0. The second kappa shape index (κ2) is 14.0. The maximum Gasteiger partial charge on any atom is 0.326 e. The molecule has 176 valence electrons. The highest BCUT2D eigenvalue weighted by Gasteiger charge is 2.28. The SMILES string of the molecule is CC(NC(=O)C(CS)NC(=O)C(N)CC(=O)O)C(=O)NC(CCCN=C(N)N)C(=O)O. The van der Waals surface area contributed by atoms with Gasteiger partial charge >= 0.3 is 11.9 Å². The van der Waals surface area contributed by atoms with Gasteiger partial charge in [0.05, 0.1) is 12.5 Å². The zero-order valence-corrected chi connectivity index (χ0v) is 17.8. The Labute approximate surface area is 183 Å². The predicted molar refractivity (Wildman–Crippen MR) is 113 cm³/mol. The van der Waals surface area contributed by atoms with E-state index in [0.717, 1.165) is 0 Å². The molecule has 0 aliphatic heterocycles. The Hall–Kier alpha value is -3.07. The lowest BCUT2D eigenvalue weighted by Gasteiger charge is -2.22. The molecule has 0 aliphatic carbocycles. The van der Waals surface area contributed by atoms with Crippen LogP contribution in [0, 0.1) is 0 Å². The van der Waals surface area contributed by atoms with Crippen molar-refractivity contribution >= 4 is 48.2 Å². The van der Waals surface area contributed by atoms with E-state index in [4.69, 9.17) is 22.3 Å². The highest BCUT2D eigenvalue weighted by atomic mass is 32.1. The average molecular weight is 464 g/mol. The first-order valence-electron chi connectivity index (χ1n) is 9.16. The van der Waals surface area contributed by atoms with Gasteiger partial charge in [-0.25, -0.2) is 4.79 Å². The number of rotatable bonds is 14. The summed E-state index contributed by atoms with van der Waals surface area (Å²) >= 11 is 3.95. The summed E-state index contributed by atoms with van der Waals surface area (Å²) in [6.07, 6.45) is -0.291. The number of nitrogens with zero attached hydrogens (tertiary/aromatic N) is 1. The second-order valence-electron chi connectivity index (χ2n) is 6.53. The number of aliphatic carboxylic acids is 2. The summed E-state index contributed by atoms with van der Waals surface area (Å²) in [4.78, 5) is 62.1. The summed E-state index contributed by atoms with van der Waals surface area (Å²) < 4.78 is 0. The van der Waals surface area contributed by atoms with Gasteiger partial charge in [0.1, 0.15) is 18.1 Å². The number of carbonyl (C=O) groups is 5. The quantitative estimate of drug-likeness (QED) is 0.0528. The van der Waals surface area contributed by atoms with Crippen molar-refractivity contribution in [3.63, 3.8) is 0 Å². The van der Waals surface area contributed by atoms with E-state index >= 15 is 0 Å². The number of amides is 3. The number of aliphatic imine (C=N–C) groups is 1. The fraction of sp³-hybridized carbons (Fsp3) is 0.625. The number of thiol groups is 1. The fourth-order valence-electron chi connectivity index (χ4n) is 2.19. The van der Waals surface area contributed by atoms with E-state index in [1.165, 1.54) is 6.92 Å². The monoisotopic (exact) mass is 463 g/mol. The Morgan fingerprint density at radius 1 is 0.968 bits per heavy atom. The maximum absolute atomic E-state index is 12.3. The number of hydrogen-bond acceptors (Lipinski definition) is 8. The number of nitrogens with one attached hydrogen (secondary N) is 3. The molecule has 0 aromatic rings. The summed E-state index contributed by atoms with van der Waals surface area (Å²) in [5.74, 6) is -5.28. The highest BCUT2D eigenvalue weighted by molar-refractivity contribution is 7.80. The summed E-state index contributed by atoms with van der Waals surface area (Å²) in [6, 6.07) is -4.93. The third-order valence-corrected chi connectivity index (χ3v) is 4.22. The van der Waals surface area contributed by atoms with Gasteiger partial charge in [0, 0.05) is 12.3 Å². The van der Waals surface area contributed by atoms with Gasteiger partial charge in [-0.15, -0.1) is 0 Å². The Kier molecular flexibility index (Phi) is 12.6. The maximum atomic E-state index is 12.3. The molecule has 11 N–H and O–H groups in total. The first-order chi connectivity index (χ1) is 14.4. The van der Waals surface area contributed by atoms with Crippen LogP contribution in [0.15, 0.2) is 4.99 Å². The molecule has 14 nitrogen and oxygen atoms in total. The van der Waals surface area contributed by atoms with Gasteiger partial charge in [-0.2, -0.15) is 12.6 Å². The third kappa shape index (κ3) is 11.6. The standard InChI is InChI=1S/C16H29N7O7S/c1-7(12(26)22-9(15(29)30)3-2-4-20-16(18)19)21-14(28)10(6-31)23-13(27)8(17)5-11(24)25/h7-10,31H,2-6,17H2,1H3,(H,21,28)(H,22,26)(H,23,27)(H,24,25)(H,29,30)(H4,18,19,20). The van der Waals surface area contributed by atoms with E-state index in [1.807, 2.05) is 0 Å². The van der Waals surface area contributed by atoms with Gasteiger partial charge < -0.3 is 43.4 Å². The smallest absolute Gasteiger partial charge is 0.326 e. The van der Waals surface area contributed by atoms with E-state index in [2.05, 4.69) is 33.6 Å². The molecule has 0 bridgehead atoms. The van der Waals surface area contributed by atoms with Gasteiger partial charge in [-0.3, -0.25) is 24.2 Å². The van der Waals surface area contributed by atoms with Crippen molar-refractivity contribution in [2.24, 2.45) is 22.2 Å². The predicted octanol–water partition coefficient (Wildman–Crippen LogP) is -3.67. The van der Waals surface area contributed by atoms with E-state index in [1.54, 1.807) is 0 Å². The topological polar surface area (TPSA) is 252 Å². The molecule has 0 saturated carbocycles. The minimum Gasteiger partial charge on any atom is -0.481 e. The van der Waals surface area contributed by atoms with Crippen molar-refractivity contribution in [2.45, 2.75) is 50.4 Å². The number of carboxylic acid groups (broad SMARTS) is 2. The van der Waals surface area contributed by atoms with E-state index in [0.29, 0.717) is 6.42 Å². The van der Waals surface area contributed by atoms with Crippen molar-refractivity contribution in [2.75, 3.05) is 12.3 Å². The highest BCUT2D eigenvalue weighted by Crippen LogP contribution is 2.00. The number of carbonyl (C=O) groups excluding carboxylic acids is 3. The van der Waals surface area contributed by atoms with Crippen LogP contribution < -0.4 is 33.2 Å².